The first-order valence-corrected chi connectivity index (χ1v) is 10.3. The van der Waals surface area contributed by atoms with Gasteiger partial charge in [0.1, 0.15) is 12.4 Å². The minimum Gasteiger partial charge on any atom is -0.504 e. The first kappa shape index (κ1) is 20.6. The van der Waals surface area contributed by atoms with E-state index in [1.165, 1.54) is 25.3 Å². The molecule has 0 aliphatic rings. The Morgan fingerprint density at radius 2 is 1.88 bits per heavy atom. The minimum absolute atomic E-state index is 0.0132. The Morgan fingerprint density at radius 3 is 2.54 bits per heavy atom. The third-order valence-electron chi connectivity index (χ3n) is 3.44. The highest BCUT2D eigenvalue weighted by Crippen LogP contribution is 2.30. The second kappa shape index (κ2) is 8.78. The van der Waals surface area contributed by atoms with E-state index in [0.717, 1.165) is 10.1 Å². The summed E-state index contributed by atoms with van der Waals surface area (Å²) in [4.78, 5) is 1.98. The number of ether oxygens (including phenoxy) is 2. The van der Waals surface area contributed by atoms with Crippen molar-refractivity contribution in [2.75, 3.05) is 39.1 Å². The molecule has 2 rings (SSSR count). The van der Waals surface area contributed by atoms with Crippen LogP contribution >= 0.6 is 22.6 Å². The number of hydrogen-bond acceptors (Lipinski definition) is 6. The van der Waals surface area contributed by atoms with Crippen LogP contribution in [0.3, 0.4) is 0 Å². The van der Waals surface area contributed by atoms with Crippen LogP contribution < -0.4 is 14.2 Å². The molecular weight excluding hydrogens is 471 g/mol. The van der Waals surface area contributed by atoms with Crippen molar-refractivity contribution < 1.29 is 23.0 Å². The van der Waals surface area contributed by atoms with E-state index in [1.807, 2.05) is 19.0 Å². The highest BCUT2D eigenvalue weighted by atomic mass is 127. The second-order valence-electron chi connectivity index (χ2n) is 5.74. The van der Waals surface area contributed by atoms with Crippen molar-refractivity contribution in [1.29, 1.82) is 0 Å². The van der Waals surface area contributed by atoms with Crippen LogP contribution in [-0.4, -0.2) is 52.8 Å². The van der Waals surface area contributed by atoms with E-state index >= 15 is 0 Å². The van der Waals surface area contributed by atoms with Gasteiger partial charge in [0.2, 0.25) is 0 Å². The molecule has 0 saturated heterocycles. The molecule has 0 fully saturated rings. The van der Waals surface area contributed by atoms with Crippen molar-refractivity contribution in [1.82, 2.24) is 4.90 Å². The van der Waals surface area contributed by atoms with Gasteiger partial charge >= 0.3 is 0 Å². The SMILES string of the molecule is COc1cc(S(=O)(=O)Nc2ccc(I)c(OCCN(C)C)c2)ccc1O. The lowest BCUT2D eigenvalue weighted by molar-refractivity contribution is 0.260. The van der Waals surface area contributed by atoms with Gasteiger partial charge in [0.25, 0.3) is 10.0 Å². The van der Waals surface area contributed by atoms with E-state index in [1.54, 1.807) is 18.2 Å². The van der Waals surface area contributed by atoms with E-state index in [9.17, 15) is 13.5 Å². The van der Waals surface area contributed by atoms with Crippen molar-refractivity contribution in [2.45, 2.75) is 4.90 Å². The summed E-state index contributed by atoms with van der Waals surface area (Å²) in [6.45, 7) is 1.24. The number of nitrogens with one attached hydrogen (secondary N) is 1. The van der Waals surface area contributed by atoms with Gasteiger partial charge < -0.3 is 19.5 Å². The van der Waals surface area contributed by atoms with E-state index in [2.05, 4.69) is 27.3 Å². The number of anilines is 1. The lowest BCUT2D eigenvalue weighted by Gasteiger charge is -2.14. The van der Waals surface area contributed by atoms with Crippen molar-refractivity contribution >= 4 is 38.3 Å². The maximum absolute atomic E-state index is 12.6. The molecule has 0 aromatic heterocycles. The quantitative estimate of drug-likeness (QED) is 0.552. The van der Waals surface area contributed by atoms with Gasteiger partial charge in [-0.15, -0.1) is 0 Å². The number of benzene rings is 2. The Hall–Kier alpha value is -1.72. The first-order chi connectivity index (χ1) is 12.2. The van der Waals surface area contributed by atoms with E-state index in [0.29, 0.717) is 18.0 Å². The predicted octanol–water partition coefficient (Wildman–Crippen LogP) is 2.75. The molecule has 2 aromatic rings. The highest BCUT2D eigenvalue weighted by molar-refractivity contribution is 14.1. The maximum atomic E-state index is 12.6. The summed E-state index contributed by atoms with van der Waals surface area (Å²) >= 11 is 2.14. The van der Waals surface area contributed by atoms with Crippen molar-refractivity contribution in [3.05, 3.63) is 40.0 Å². The van der Waals surface area contributed by atoms with Crippen LogP contribution in [0.15, 0.2) is 41.3 Å². The van der Waals surface area contributed by atoms with Crippen LogP contribution in [0.2, 0.25) is 0 Å². The molecule has 2 aromatic carbocycles. The Labute approximate surface area is 167 Å². The van der Waals surface area contributed by atoms with Crippen LogP contribution in [0.5, 0.6) is 17.2 Å². The van der Waals surface area contributed by atoms with Crippen molar-refractivity contribution in [3.63, 3.8) is 0 Å². The molecule has 0 amide bonds. The van der Waals surface area contributed by atoms with E-state index in [4.69, 9.17) is 9.47 Å². The highest BCUT2D eigenvalue weighted by Gasteiger charge is 2.17. The summed E-state index contributed by atoms with van der Waals surface area (Å²) in [6, 6.07) is 8.93. The maximum Gasteiger partial charge on any atom is 0.262 e. The predicted molar refractivity (Wildman–Crippen MR) is 109 cm³/mol. The molecule has 142 valence electrons. The molecule has 0 heterocycles. The van der Waals surface area contributed by atoms with Gasteiger partial charge in [-0.1, -0.05) is 0 Å². The van der Waals surface area contributed by atoms with Crippen LogP contribution in [0, 0.1) is 3.57 Å². The number of aromatic hydroxyl groups is 1. The van der Waals surface area contributed by atoms with Gasteiger partial charge in [-0.05, 0) is 61.0 Å². The summed E-state index contributed by atoms with van der Waals surface area (Å²) in [7, 11) is 1.42. The number of rotatable bonds is 8. The topological polar surface area (TPSA) is 88.1 Å². The molecule has 0 aliphatic heterocycles. The standard InChI is InChI=1S/C17H21IN2O5S/c1-20(2)8-9-25-16-10-12(4-6-14(16)18)19-26(22,23)13-5-7-15(21)17(11-13)24-3/h4-7,10-11,19,21H,8-9H2,1-3H3. The van der Waals surface area contributed by atoms with Gasteiger partial charge in [0, 0.05) is 18.7 Å². The molecule has 0 saturated carbocycles. The summed E-state index contributed by atoms with van der Waals surface area (Å²) in [5.41, 5.74) is 0.386. The van der Waals surface area contributed by atoms with Gasteiger partial charge in [-0.2, -0.15) is 0 Å². The zero-order valence-corrected chi connectivity index (χ0v) is 17.7. The number of hydrogen-bond donors (Lipinski definition) is 2. The summed E-state index contributed by atoms with van der Waals surface area (Å²) in [6.07, 6.45) is 0. The smallest absolute Gasteiger partial charge is 0.262 e. The first-order valence-electron chi connectivity index (χ1n) is 7.70. The van der Waals surface area contributed by atoms with E-state index in [-0.39, 0.29) is 16.4 Å². The monoisotopic (exact) mass is 492 g/mol. The van der Waals surface area contributed by atoms with Crippen molar-refractivity contribution in [3.8, 4) is 17.2 Å². The number of likely N-dealkylation sites (N-methyl/N-ethyl adjacent to an activating group) is 1. The normalized spacial score (nSPS) is 11.4. The van der Waals surface area contributed by atoms with Gasteiger partial charge in [-0.25, -0.2) is 8.42 Å². The van der Waals surface area contributed by atoms with Gasteiger partial charge in [0.05, 0.1) is 21.3 Å². The Kier molecular flexibility index (Phi) is 6.95. The van der Waals surface area contributed by atoms with Crippen LogP contribution in [-0.2, 0) is 10.0 Å². The van der Waals surface area contributed by atoms with Crippen LogP contribution in [0.4, 0.5) is 5.69 Å². The zero-order valence-electron chi connectivity index (χ0n) is 14.7. The fourth-order valence-electron chi connectivity index (χ4n) is 2.05. The molecule has 0 radical (unpaired) electrons. The Morgan fingerprint density at radius 1 is 1.15 bits per heavy atom. The molecule has 0 spiro atoms. The Balaban J connectivity index is 2.21. The molecule has 0 unspecified atom stereocenters. The fourth-order valence-corrected chi connectivity index (χ4v) is 3.61. The summed E-state index contributed by atoms with van der Waals surface area (Å²) in [5.74, 6) is 0.566. The third-order valence-corrected chi connectivity index (χ3v) is 5.71. The van der Waals surface area contributed by atoms with Gasteiger partial charge in [-0.3, -0.25) is 4.72 Å². The Bertz CT molecular complexity index is 871. The lowest BCUT2D eigenvalue weighted by Crippen LogP contribution is -2.19. The van der Waals surface area contributed by atoms with Crippen molar-refractivity contribution in [2.24, 2.45) is 0 Å². The summed E-state index contributed by atoms with van der Waals surface area (Å²) < 4.78 is 39.3. The molecular formula is C17H21IN2O5S. The average molecular weight is 492 g/mol. The number of halogens is 1. The van der Waals surface area contributed by atoms with Crippen LogP contribution in [0.1, 0.15) is 0 Å². The number of sulfonamides is 1. The van der Waals surface area contributed by atoms with Gasteiger partial charge in [0.15, 0.2) is 11.5 Å². The number of methoxy groups -OCH3 is 1. The molecule has 7 nitrogen and oxygen atoms in total. The number of nitrogens with zero attached hydrogens (tertiary/aromatic N) is 1. The second-order valence-corrected chi connectivity index (χ2v) is 8.58. The molecule has 26 heavy (non-hydrogen) atoms. The molecule has 0 atom stereocenters. The largest absolute Gasteiger partial charge is 0.504 e. The molecule has 9 heteroatoms. The zero-order chi connectivity index (χ0) is 19.3. The van der Waals surface area contributed by atoms with E-state index < -0.39 is 10.0 Å². The molecule has 2 N–H and O–H groups in total. The van der Waals surface area contributed by atoms with Crippen LogP contribution in [0.25, 0.3) is 0 Å². The fraction of sp³-hybridized carbons (Fsp3) is 0.294. The average Bonchev–Trinajstić information content (AvgIpc) is 2.57. The minimum atomic E-state index is -3.83. The number of phenolic OH excluding ortho intramolecular Hbond substituents is 1. The lowest BCUT2D eigenvalue weighted by atomic mass is 10.3. The molecule has 0 aliphatic carbocycles. The molecule has 0 bridgehead atoms. The third kappa shape index (κ3) is 5.39. The number of phenols is 1. The summed E-state index contributed by atoms with van der Waals surface area (Å²) in [5, 5.41) is 9.62.